The van der Waals surface area contributed by atoms with Crippen molar-refractivity contribution < 1.29 is 46.7 Å². The number of nitrogens with two attached hydrogens (primary N) is 2. The predicted molar refractivity (Wildman–Crippen MR) is 166 cm³/mol. The Morgan fingerprint density at radius 3 is 2.74 bits per heavy atom. The topological polar surface area (TPSA) is 284 Å². The number of aromatic nitrogens is 7. The maximum Gasteiger partial charge on any atom is 0.472 e. The number of nitrogens with one attached hydrogen (secondary N) is 1. The number of phosphoric ester groups is 1. The van der Waals surface area contributed by atoms with Crippen LogP contribution in [-0.2, 0) is 36.7 Å². The highest BCUT2D eigenvalue weighted by Crippen LogP contribution is 2.62. The lowest BCUT2D eigenvalue weighted by atomic mass is 9.87. The van der Waals surface area contributed by atoms with Gasteiger partial charge < -0.3 is 35.5 Å². The fraction of sp³-hybridized carbons (Fsp3) is 0.565. The number of fused-ring (bicyclic) bond motifs is 5. The number of nitrogen functional groups attached to an aromatic ring is 2. The van der Waals surface area contributed by atoms with Gasteiger partial charge in [0.25, 0.3) is 5.56 Å². The Balaban J connectivity index is 1.24. The monoisotopic (exact) mass is 733 g/mol. The molecule has 7 N–H and O–H groups in total. The smallest absolute Gasteiger partial charge is 0.388 e. The van der Waals surface area contributed by atoms with Crippen molar-refractivity contribution in [3.8, 4) is 0 Å². The largest absolute Gasteiger partial charge is 0.472 e. The fourth-order valence-electron chi connectivity index (χ4n) is 6.33. The van der Waals surface area contributed by atoms with Gasteiger partial charge in [-0.3, -0.25) is 27.9 Å². The standard InChI is InChI=1S/C23H29N9O11P2S2/c1-23-3-8(32-7-28-12-19(24)26-6-27-20(12)32)13(33)18(23)43-45(37,46)39-4-9-14(38-2)15(42-44(35,36)40-5-23)16(41-9)17-10-11(31-47-17)21(34)30-22(25)29-10/h6-9,13-16,18,33H,3-5H2,1-2H3,(H,35,36)(H,37,46)(H2,24,26,27)(H3,25,29,30,34)/t8-,9-,13+,14-,15-,16-,18+,23-,45-/m1/s1. The van der Waals surface area contributed by atoms with Crippen LogP contribution in [0, 0.1) is 5.41 Å². The van der Waals surface area contributed by atoms with Crippen molar-refractivity contribution in [3.05, 3.63) is 27.9 Å². The van der Waals surface area contributed by atoms with Crippen molar-refractivity contribution in [2.24, 2.45) is 5.41 Å². The number of hydrogen-bond acceptors (Lipinski definition) is 18. The first-order chi connectivity index (χ1) is 22.2. The molecule has 1 aliphatic carbocycles. The number of hydrogen-bond donors (Lipinski definition) is 6. The molecule has 20 nitrogen and oxygen atoms in total. The SMILES string of the molecule is CO[C@H]1[C@H]2OP(=O)(O)OC[C@@]3(C)C[C@@H](n4cnc5c(N)ncnc54)[C@H](O)[C@@H]3O[P@](=O)(S)OC[C@H]1O[C@H]2c1snc2c(=O)[nH]c(N)nc12. The van der Waals surface area contributed by atoms with E-state index >= 15 is 0 Å². The van der Waals surface area contributed by atoms with Gasteiger partial charge in [0.1, 0.15) is 54.0 Å². The minimum Gasteiger partial charge on any atom is -0.388 e. The molecule has 3 fully saturated rings. The Labute approximate surface area is 273 Å². The van der Waals surface area contributed by atoms with Gasteiger partial charge in [-0.05, 0) is 18.0 Å². The molecular weight excluding hydrogens is 704 g/mol. The van der Waals surface area contributed by atoms with Crippen LogP contribution in [-0.4, -0.2) is 94.7 Å². The first-order valence-electron chi connectivity index (χ1n) is 14.0. The first-order valence-corrected chi connectivity index (χ1v) is 18.9. The lowest BCUT2D eigenvalue weighted by Crippen LogP contribution is -2.39. The molecule has 1 saturated carbocycles. The van der Waals surface area contributed by atoms with Gasteiger partial charge in [0.15, 0.2) is 17.0 Å². The first kappa shape index (κ1) is 32.9. The van der Waals surface area contributed by atoms with Gasteiger partial charge in [0.05, 0.1) is 30.5 Å². The third-order valence-electron chi connectivity index (χ3n) is 8.49. The second kappa shape index (κ2) is 11.8. The van der Waals surface area contributed by atoms with Gasteiger partial charge in [-0.2, -0.15) is 4.37 Å². The van der Waals surface area contributed by atoms with Crippen LogP contribution >= 0.6 is 38.4 Å². The number of thiol groups is 1. The fourth-order valence-corrected chi connectivity index (χ4v) is 9.83. The lowest BCUT2D eigenvalue weighted by molar-refractivity contribution is -0.0465. The quantitative estimate of drug-likeness (QED) is 0.127. The van der Waals surface area contributed by atoms with Gasteiger partial charge in [0, 0.05) is 12.5 Å². The molecule has 2 saturated heterocycles. The van der Waals surface area contributed by atoms with Gasteiger partial charge >= 0.3 is 14.6 Å². The van der Waals surface area contributed by atoms with Gasteiger partial charge in [-0.1, -0.05) is 19.2 Å². The number of aliphatic hydroxyl groups is 1. The number of aliphatic hydroxyl groups excluding tert-OH is 1. The Kier molecular flexibility index (Phi) is 8.25. The molecular formula is C23H29N9O11P2S2. The summed E-state index contributed by atoms with van der Waals surface area (Å²) in [5.74, 6) is -0.0587. The van der Waals surface area contributed by atoms with Crippen molar-refractivity contribution >= 4 is 72.4 Å². The van der Waals surface area contributed by atoms with E-state index in [2.05, 4.69) is 41.5 Å². The van der Waals surface area contributed by atoms with E-state index in [1.807, 2.05) is 0 Å². The molecule has 24 heteroatoms. The van der Waals surface area contributed by atoms with Crippen LogP contribution in [0.1, 0.15) is 30.4 Å². The molecule has 3 aliphatic rings. The van der Waals surface area contributed by atoms with E-state index in [0.29, 0.717) is 11.2 Å². The van der Waals surface area contributed by atoms with Crippen molar-refractivity contribution in [3.63, 3.8) is 0 Å². The minimum absolute atomic E-state index is 0.0329. The highest BCUT2D eigenvalue weighted by atomic mass is 32.7. The van der Waals surface area contributed by atoms with Gasteiger partial charge in [-0.15, -0.1) is 0 Å². The van der Waals surface area contributed by atoms with Crippen molar-refractivity contribution in [2.75, 3.05) is 31.8 Å². The molecule has 254 valence electrons. The van der Waals surface area contributed by atoms with Crippen LogP contribution in [0.25, 0.3) is 22.2 Å². The molecule has 47 heavy (non-hydrogen) atoms. The van der Waals surface area contributed by atoms with E-state index in [1.54, 1.807) is 11.5 Å². The second-order valence-electron chi connectivity index (χ2n) is 11.6. The second-order valence-corrected chi connectivity index (χ2v) is 16.7. The highest BCUT2D eigenvalue weighted by molar-refractivity contribution is 8.44. The van der Waals surface area contributed by atoms with Crippen molar-refractivity contribution in [1.82, 2.24) is 33.9 Å². The third-order valence-corrected chi connectivity index (χ3v) is 12.0. The molecule has 2 bridgehead atoms. The van der Waals surface area contributed by atoms with Crippen LogP contribution in [0.4, 0.5) is 11.8 Å². The number of anilines is 2. The normalized spacial score (nSPS) is 38.2. The number of methoxy groups -OCH3 is 1. The van der Waals surface area contributed by atoms with E-state index in [9.17, 15) is 23.9 Å². The van der Waals surface area contributed by atoms with Crippen LogP contribution in [0.5, 0.6) is 0 Å². The Hall–Kier alpha value is -2.59. The van der Waals surface area contributed by atoms with E-state index in [4.69, 9.17) is 39.0 Å². The highest BCUT2D eigenvalue weighted by Gasteiger charge is 2.57. The summed E-state index contributed by atoms with van der Waals surface area (Å²) in [6.45, 7) is -3.64. The van der Waals surface area contributed by atoms with E-state index in [0.717, 1.165) is 11.5 Å². The van der Waals surface area contributed by atoms with Crippen LogP contribution < -0.4 is 17.0 Å². The minimum atomic E-state index is -4.95. The zero-order chi connectivity index (χ0) is 33.5. The Bertz CT molecular complexity index is 2010. The molecule has 0 radical (unpaired) electrons. The maximum atomic E-state index is 13.7. The summed E-state index contributed by atoms with van der Waals surface area (Å²) < 4.78 is 67.6. The molecule has 10 atom stereocenters. The van der Waals surface area contributed by atoms with Crippen LogP contribution in [0.3, 0.4) is 0 Å². The number of imidazole rings is 1. The number of aromatic amines is 1. The van der Waals surface area contributed by atoms with E-state index in [-0.39, 0.29) is 34.1 Å². The summed E-state index contributed by atoms with van der Waals surface area (Å²) >= 11 is 5.03. The maximum absolute atomic E-state index is 13.7. The summed E-state index contributed by atoms with van der Waals surface area (Å²) in [5.41, 5.74) is 10.5. The molecule has 4 aromatic rings. The van der Waals surface area contributed by atoms with Crippen LogP contribution in [0.2, 0.25) is 0 Å². The number of nitrogens with zero attached hydrogens (tertiary/aromatic N) is 6. The predicted octanol–water partition coefficient (Wildman–Crippen LogP) is 1.11. The summed E-state index contributed by atoms with van der Waals surface area (Å²) in [7, 11) is -3.64. The number of H-pyrrole nitrogens is 1. The number of phosphoric acid groups is 1. The summed E-state index contributed by atoms with van der Waals surface area (Å²) in [4.78, 5) is 42.7. The summed E-state index contributed by atoms with van der Waals surface area (Å²) in [5, 5.41) is 11.6. The zero-order valence-corrected chi connectivity index (χ0v) is 28.0. The molecule has 1 unspecified atom stereocenters. The van der Waals surface area contributed by atoms with Gasteiger partial charge in [0.2, 0.25) is 5.95 Å². The molecule has 0 aromatic carbocycles. The molecule has 0 spiro atoms. The Morgan fingerprint density at radius 1 is 1.19 bits per heavy atom. The zero-order valence-electron chi connectivity index (χ0n) is 24.5. The van der Waals surface area contributed by atoms with Gasteiger partial charge in [-0.25, -0.2) is 29.1 Å². The molecule has 6 heterocycles. The van der Waals surface area contributed by atoms with Crippen molar-refractivity contribution in [1.29, 1.82) is 0 Å². The Morgan fingerprint density at radius 2 is 1.98 bits per heavy atom. The molecule has 0 amide bonds. The van der Waals surface area contributed by atoms with E-state index < -0.39 is 81.5 Å². The van der Waals surface area contributed by atoms with Crippen molar-refractivity contribution in [2.45, 2.75) is 56.0 Å². The van der Waals surface area contributed by atoms with Crippen LogP contribution in [0.15, 0.2) is 17.4 Å². The number of ether oxygens (including phenoxy) is 2. The lowest BCUT2D eigenvalue weighted by Gasteiger charge is -2.33. The average Bonchev–Trinajstić information content (AvgIpc) is 3.75. The average molecular weight is 734 g/mol. The summed E-state index contributed by atoms with van der Waals surface area (Å²) in [6, 6.07) is -0.794. The van der Waals surface area contributed by atoms with E-state index in [1.165, 1.54) is 19.8 Å². The number of rotatable bonds is 3. The molecule has 4 aromatic heterocycles. The molecule has 2 aliphatic heterocycles. The molecule has 7 rings (SSSR count). The summed E-state index contributed by atoms with van der Waals surface area (Å²) in [6.07, 6.45) is -4.64. The third kappa shape index (κ3) is 5.79.